The van der Waals surface area contributed by atoms with E-state index in [0.717, 1.165) is 11.1 Å². The quantitative estimate of drug-likeness (QED) is 0.0624. The molecule has 46 heavy (non-hydrogen) atoms. The maximum absolute atomic E-state index is 14.0. The average Bonchev–Trinajstić information content (AvgIpc) is 3.04. The number of aliphatic hydroxyl groups excluding tert-OH is 1. The number of nitrogens with zero attached hydrogens (tertiary/aromatic N) is 1. The maximum Gasteiger partial charge on any atom is 0.337 e. The molecular weight excluding hydrogens is 595 g/mol. The number of hydrazone groups is 1. The zero-order chi connectivity index (χ0) is 33.1. The van der Waals surface area contributed by atoms with E-state index in [1.165, 1.54) is 13.2 Å². The Morgan fingerprint density at radius 3 is 2.61 bits per heavy atom. The third-order valence-electron chi connectivity index (χ3n) is 6.90. The minimum Gasteiger partial charge on any atom is -0.490 e. The summed E-state index contributed by atoms with van der Waals surface area (Å²) in [5, 5.41) is 19.9. The van der Waals surface area contributed by atoms with Crippen LogP contribution < -0.4 is 30.3 Å². The number of hydrogen-bond acceptors (Lipinski definition) is 9. The molecule has 0 fully saturated rings. The fraction of sp³-hybridized carbons (Fsp3) is 0.265. The Balaban J connectivity index is 1.38. The molecule has 0 aliphatic carbocycles. The molecule has 4 N–H and O–H groups in total. The van der Waals surface area contributed by atoms with Gasteiger partial charge in [-0.3, -0.25) is 5.43 Å². The molecule has 0 aromatic heterocycles. The summed E-state index contributed by atoms with van der Waals surface area (Å²) in [5.41, 5.74) is 5.89. The van der Waals surface area contributed by atoms with E-state index in [2.05, 4.69) is 27.7 Å². The van der Waals surface area contributed by atoms with Crippen molar-refractivity contribution in [3.63, 3.8) is 0 Å². The summed E-state index contributed by atoms with van der Waals surface area (Å²) in [6.45, 7) is 7.47. The molecule has 0 spiro atoms. The van der Waals surface area contributed by atoms with Crippen molar-refractivity contribution in [2.24, 2.45) is 5.10 Å². The molecule has 4 rings (SSSR count). The van der Waals surface area contributed by atoms with Gasteiger partial charge in [0, 0.05) is 11.3 Å². The van der Waals surface area contributed by atoms with Gasteiger partial charge in [0.2, 0.25) is 0 Å². The topological polar surface area (TPSA) is 140 Å². The smallest absolute Gasteiger partial charge is 0.337 e. The van der Waals surface area contributed by atoms with Gasteiger partial charge in [-0.25, -0.2) is 14.0 Å². The van der Waals surface area contributed by atoms with E-state index < -0.39 is 24.3 Å². The van der Waals surface area contributed by atoms with Crippen molar-refractivity contribution in [3.05, 3.63) is 113 Å². The molecule has 0 unspecified atom stereocenters. The van der Waals surface area contributed by atoms with Crippen LogP contribution in [0.15, 0.2) is 89.7 Å². The van der Waals surface area contributed by atoms with Gasteiger partial charge in [0.05, 0.1) is 31.5 Å². The Bertz CT molecular complexity index is 1620. The Labute approximate surface area is 266 Å². The third kappa shape index (κ3) is 8.63. The fourth-order valence-electron chi connectivity index (χ4n) is 4.73. The number of ether oxygens (including phenoxy) is 4. The highest BCUT2D eigenvalue weighted by Crippen LogP contribution is 2.35. The van der Waals surface area contributed by atoms with Gasteiger partial charge in [-0.15, -0.1) is 6.58 Å². The van der Waals surface area contributed by atoms with Crippen LogP contribution in [-0.4, -0.2) is 49.9 Å². The monoisotopic (exact) mass is 632 g/mol. The summed E-state index contributed by atoms with van der Waals surface area (Å²) >= 11 is 0. The molecule has 0 radical (unpaired) electrons. The molecule has 1 aliphatic rings. The highest BCUT2D eigenvalue weighted by atomic mass is 19.1. The largest absolute Gasteiger partial charge is 0.490 e. The molecule has 0 bridgehead atoms. The summed E-state index contributed by atoms with van der Waals surface area (Å²) in [6, 6.07) is 15.6. The lowest BCUT2D eigenvalue weighted by molar-refractivity contribution is -0.136. The van der Waals surface area contributed by atoms with Crippen LogP contribution in [0.2, 0.25) is 0 Å². The second kappa shape index (κ2) is 16.1. The number of esters is 1. The van der Waals surface area contributed by atoms with Crippen molar-refractivity contribution in [1.29, 1.82) is 0 Å². The number of carbonyl (C=O) groups is 2. The molecule has 1 heterocycles. The first-order valence-electron chi connectivity index (χ1n) is 14.6. The fourth-order valence-corrected chi connectivity index (χ4v) is 4.73. The van der Waals surface area contributed by atoms with E-state index in [1.54, 1.807) is 74.7 Å². The van der Waals surface area contributed by atoms with Crippen molar-refractivity contribution in [1.82, 2.24) is 16.1 Å². The molecule has 1 aliphatic heterocycles. The molecule has 3 aromatic carbocycles. The first-order valence-corrected chi connectivity index (χ1v) is 14.6. The Kier molecular flexibility index (Phi) is 11.7. The molecule has 0 saturated carbocycles. The lowest BCUT2D eigenvalue weighted by atomic mass is 9.95. The van der Waals surface area contributed by atoms with Gasteiger partial charge in [-0.05, 0) is 73.4 Å². The van der Waals surface area contributed by atoms with Crippen LogP contribution in [0, 0.1) is 5.82 Å². The minimum absolute atomic E-state index is 0.0889. The molecular formula is C34H37FN4O7. The lowest BCUT2D eigenvalue weighted by Gasteiger charge is -2.28. The molecule has 2 atom stereocenters. The van der Waals surface area contributed by atoms with Crippen molar-refractivity contribution in [2.45, 2.75) is 39.1 Å². The average molecular weight is 633 g/mol. The van der Waals surface area contributed by atoms with E-state index in [0.29, 0.717) is 47.1 Å². The summed E-state index contributed by atoms with van der Waals surface area (Å²) in [4.78, 5) is 24.6. The molecule has 11 nitrogen and oxygen atoms in total. The zero-order valence-electron chi connectivity index (χ0n) is 25.8. The number of amides is 2. The van der Waals surface area contributed by atoms with Crippen LogP contribution in [-0.2, 0) is 22.6 Å². The van der Waals surface area contributed by atoms with E-state index in [4.69, 9.17) is 18.9 Å². The first-order chi connectivity index (χ1) is 22.2. The third-order valence-corrected chi connectivity index (χ3v) is 6.90. The van der Waals surface area contributed by atoms with Gasteiger partial charge in [-0.1, -0.05) is 30.3 Å². The second-order valence-corrected chi connectivity index (χ2v) is 10.2. The second-order valence-electron chi connectivity index (χ2n) is 10.2. The highest BCUT2D eigenvalue weighted by Gasteiger charge is 2.32. The summed E-state index contributed by atoms with van der Waals surface area (Å²) in [6.07, 6.45) is 2.65. The maximum atomic E-state index is 14.0. The molecule has 12 heteroatoms. The van der Waals surface area contributed by atoms with E-state index in [-0.39, 0.29) is 24.6 Å². The zero-order valence-corrected chi connectivity index (χ0v) is 25.8. The lowest BCUT2D eigenvalue weighted by Crippen LogP contribution is -2.45. The number of nitrogens with one attached hydrogen (secondary N) is 3. The van der Waals surface area contributed by atoms with Gasteiger partial charge >= 0.3 is 12.0 Å². The predicted molar refractivity (Wildman–Crippen MR) is 170 cm³/mol. The van der Waals surface area contributed by atoms with E-state index in [1.807, 2.05) is 6.07 Å². The highest BCUT2D eigenvalue weighted by molar-refractivity contribution is 5.95. The molecule has 2 amide bonds. The number of methoxy groups -OCH3 is 1. The van der Waals surface area contributed by atoms with Crippen LogP contribution in [0.5, 0.6) is 17.2 Å². The Hall–Kier alpha value is -5.36. The van der Waals surface area contributed by atoms with Crippen LogP contribution in [0.1, 0.15) is 42.1 Å². The summed E-state index contributed by atoms with van der Waals surface area (Å²) < 4.78 is 36.3. The van der Waals surface area contributed by atoms with Crippen molar-refractivity contribution < 1.29 is 38.0 Å². The number of hydrogen-bond donors (Lipinski definition) is 4. The summed E-state index contributed by atoms with van der Waals surface area (Å²) in [5.74, 6) is 0.399. The SMILES string of the molecule is C=CCc1cc(/C=N\N[C@@H](O)COc2ccc([C@@H]3NC(=O)NC(C)=C3C(=O)OC)cc2OCC)ccc1OCc1ccccc1F. The number of allylic oxidation sites excluding steroid dienone is 2. The normalized spacial score (nSPS) is 15.1. The number of benzene rings is 3. The van der Waals surface area contributed by atoms with Crippen LogP contribution in [0.4, 0.5) is 9.18 Å². The van der Waals surface area contributed by atoms with E-state index in [9.17, 15) is 19.1 Å². The van der Waals surface area contributed by atoms with Crippen LogP contribution >= 0.6 is 0 Å². The predicted octanol–water partition coefficient (Wildman–Crippen LogP) is 4.65. The Morgan fingerprint density at radius 1 is 1.09 bits per heavy atom. The summed E-state index contributed by atoms with van der Waals surface area (Å²) in [7, 11) is 1.27. The number of halogens is 1. The molecule has 3 aromatic rings. The number of rotatable bonds is 15. The van der Waals surface area contributed by atoms with Gasteiger partial charge in [0.1, 0.15) is 24.8 Å². The molecule has 0 saturated heterocycles. The number of carbonyl (C=O) groups excluding carboxylic acids is 2. The van der Waals surface area contributed by atoms with Gasteiger partial charge in [-0.2, -0.15) is 5.10 Å². The first kappa shape index (κ1) is 33.5. The Morgan fingerprint density at radius 2 is 1.87 bits per heavy atom. The van der Waals surface area contributed by atoms with Gasteiger partial charge in [0.15, 0.2) is 17.7 Å². The number of urea groups is 1. The van der Waals surface area contributed by atoms with E-state index >= 15 is 0 Å². The molecule has 242 valence electrons. The number of aliphatic hydroxyl groups is 1. The van der Waals surface area contributed by atoms with Crippen molar-refractivity contribution in [3.8, 4) is 17.2 Å². The standard InChI is InChI=1S/C34H37FN4O7/c1-5-9-23-16-22(12-14-27(23)45-19-25-10-7-8-11-26(25)35)18-36-39-30(40)20-46-28-15-13-24(17-29(28)44-6-2)32-31(33(41)43-4)21(3)37-34(42)38-32/h5,7-8,10-18,30,32,39-40H,1,6,9,19-20H2,2-4H3,(H2,37,38,42)/b36-18-/t30-,32-/m0/s1. The van der Waals surface area contributed by atoms with Gasteiger partial charge < -0.3 is 34.7 Å². The van der Waals surface area contributed by atoms with Crippen molar-refractivity contribution in [2.75, 3.05) is 20.3 Å². The minimum atomic E-state index is -1.17. The van der Waals surface area contributed by atoms with Gasteiger partial charge in [0.25, 0.3) is 0 Å². The van der Waals surface area contributed by atoms with Crippen LogP contribution in [0.25, 0.3) is 0 Å². The van der Waals surface area contributed by atoms with Crippen LogP contribution in [0.3, 0.4) is 0 Å². The van der Waals surface area contributed by atoms with Crippen molar-refractivity contribution >= 4 is 18.2 Å².